The zero-order valence-corrected chi connectivity index (χ0v) is 18.9. The van der Waals surface area contributed by atoms with E-state index in [1.807, 2.05) is 43.3 Å². The van der Waals surface area contributed by atoms with Crippen LogP contribution in [0.3, 0.4) is 0 Å². The lowest BCUT2D eigenvalue weighted by molar-refractivity contribution is -0.128. The number of hydrogen-bond acceptors (Lipinski definition) is 4. The number of piperazine rings is 1. The fourth-order valence-corrected chi connectivity index (χ4v) is 4.35. The minimum absolute atomic E-state index is 0.0195. The summed E-state index contributed by atoms with van der Waals surface area (Å²) in [5.74, 6) is -0.472. The van der Waals surface area contributed by atoms with E-state index in [0.29, 0.717) is 23.8 Å². The number of halogens is 1. The Labute approximate surface area is 188 Å². The normalized spacial score (nSPS) is 19.7. The number of carbonyl (C=O) groups excluding carboxylic acids is 2. The molecule has 2 aliphatic rings. The van der Waals surface area contributed by atoms with Crippen molar-refractivity contribution in [1.82, 2.24) is 9.80 Å². The van der Waals surface area contributed by atoms with Gasteiger partial charge >= 0.3 is 0 Å². The van der Waals surface area contributed by atoms with Crippen molar-refractivity contribution in [1.29, 1.82) is 0 Å². The molecule has 2 saturated heterocycles. The molecule has 1 unspecified atom stereocenters. The monoisotopic (exact) mass is 440 g/mol. The maximum atomic E-state index is 13.0. The summed E-state index contributed by atoms with van der Waals surface area (Å²) in [5, 5.41) is 3.64. The molecule has 2 aromatic rings. The molecule has 0 bridgehead atoms. The number of nitrogens with one attached hydrogen (secondary N) is 1. The summed E-state index contributed by atoms with van der Waals surface area (Å²) in [7, 11) is 2.11. The van der Waals surface area contributed by atoms with Crippen LogP contribution < -0.4 is 10.2 Å². The van der Waals surface area contributed by atoms with Gasteiger partial charge in [0.2, 0.25) is 11.8 Å². The molecule has 2 aromatic carbocycles. The van der Waals surface area contributed by atoms with Crippen molar-refractivity contribution in [3.8, 4) is 0 Å². The van der Waals surface area contributed by atoms with E-state index in [2.05, 4.69) is 22.2 Å². The van der Waals surface area contributed by atoms with Gasteiger partial charge < -0.3 is 20.0 Å². The smallest absolute Gasteiger partial charge is 0.229 e. The number of likely N-dealkylation sites (N-methyl/N-ethyl adjacent to an activating group) is 1. The van der Waals surface area contributed by atoms with Gasteiger partial charge in [-0.2, -0.15) is 0 Å². The maximum absolute atomic E-state index is 13.0. The van der Waals surface area contributed by atoms with Gasteiger partial charge in [-0.1, -0.05) is 41.4 Å². The number of benzene rings is 2. The Kier molecular flexibility index (Phi) is 6.49. The Bertz CT molecular complexity index is 955. The zero-order chi connectivity index (χ0) is 22.0. The quantitative estimate of drug-likeness (QED) is 0.774. The van der Waals surface area contributed by atoms with E-state index < -0.39 is 0 Å². The van der Waals surface area contributed by atoms with Gasteiger partial charge in [0, 0.05) is 50.7 Å². The Balaban J connectivity index is 1.43. The Morgan fingerprint density at radius 1 is 1.10 bits per heavy atom. The molecule has 0 saturated carbocycles. The minimum atomic E-state index is -0.364. The largest absolute Gasteiger partial charge is 0.367 e. The van der Waals surface area contributed by atoms with Gasteiger partial charge in [-0.05, 0) is 37.7 Å². The first-order valence-electron chi connectivity index (χ1n) is 10.8. The van der Waals surface area contributed by atoms with Gasteiger partial charge in [0.25, 0.3) is 0 Å². The fraction of sp³-hybridized carbons (Fsp3) is 0.417. The van der Waals surface area contributed by atoms with Crippen LogP contribution in [0.25, 0.3) is 0 Å². The molecule has 0 aromatic heterocycles. The number of hydrogen-bond donors (Lipinski definition) is 1. The second-order valence-corrected chi connectivity index (χ2v) is 9.04. The average molecular weight is 441 g/mol. The van der Waals surface area contributed by atoms with Crippen LogP contribution in [0.2, 0.25) is 5.02 Å². The molecular formula is C24H29ClN4O2. The molecule has 164 valence electrons. The summed E-state index contributed by atoms with van der Waals surface area (Å²) >= 11 is 6.23. The molecule has 4 rings (SSSR count). The molecule has 1 atom stereocenters. The van der Waals surface area contributed by atoms with E-state index in [1.165, 1.54) is 5.56 Å². The van der Waals surface area contributed by atoms with Crippen LogP contribution in [0.1, 0.15) is 17.5 Å². The second kappa shape index (κ2) is 9.28. The molecule has 0 aliphatic carbocycles. The SMILES string of the molecule is Cc1ccc(CN2CC(C(=O)Nc3cc(Cl)ccc3N3CCN(C)CC3)CC2=O)cc1. The van der Waals surface area contributed by atoms with Crippen molar-refractivity contribution in [2.45, 2.75) is 19.9 Å². The summed E-state index contributed by atoms with van der Waals surface area (Å²) in [6.45, 7) is 6.75. The summed E-state index contributed by atoms with van der Waals surface area (Å²) < 4.78 is 0. The highest BCUT2D eigenvalue weighted by Gasteiger charge is 2.34. The van der Waals surface area contributed by atoms with Gasteiger partial charge in [0.15, 0.2) is 0 Å². The minimum Gasteiger partial charge on any atom is -0.367 e. The van der Waals surface area contributed by atoms with Crippen LogP contribution in [0, 0.1) is 12.8 Å². The lowest BCUT2D eigenvalue weighted by atomic mass is 10.1. The first kappa shape index (κ1) is 21.7. The number of rotatable bonds is 5. The molecular weight excluding hydrogens is 412 g/mol. The lowest BCUT2D eigenvalue weighted by Crippen LogP contribution is -2.44. The Hall–Kier alpha value is -2.57. The summed E-state index contributed by atoms with van der Waals surface area (Å²) in [6, 6.07) is 13.8. The number of amides is 2. The van der Waals surface area contributed by atoms with Crippen LogP contribution in [-0.2, 0) is 16.1 Å². The van der Waals surface area contributed by atoms with Crippen molar-refractivity contribution in [2.24, 2.45) is 5.92 Å². The third kappa shape index (κ3) is 5.20. The third-order valence-corrected chi connectivity index (χ3v) is 6.37. The summed E-state index contributed by atoms with van der Waals surface area (Å²) in [5.41, 5.74) is 3.96. The van der Waals surface area contributed by atoms with Crippen molar-refractivity contribution in [3.63, 3.8) is 0 Å². The van der Waals surface area contributed by atoms with Crippen LogP contribution in [0.4, 0.5) is 11.4 Å². The predicted octanol–water partition coefficient (Wildman–Crippen LogP) is 3.39. The van der Waals surface area contributed by atoms with Crippen molar-refractivity contribution in [3.05, 3.63) is 58.6 Å². The summed E-state index contributed by atoms with van der Waals surface area (Å²) in [4.78, 5) is 31.9. The highest BCUT2D eigenvalue weighted by molar-refractivity contribution is 6.31. The molecule has 0 spiro atoms. The molecule has 2 heterocycles. The number of carbonyl (C=O) groups is 2. The summed E-state index contributed by atoms with van der Waals surface area (Å²) in [6.07, 6.45) is 0.238. The van der Waals surface area contributed by atoms with E-state index in [-0.39, 0.29) is 24.2 Å². The molecule has 2 fully saturated rings. The van der Waals surface area contributed by atoms with Crippen molar-refractivity contribution < 1.29 is 9.59 Å². The van der Waals surface area contributed by atoms with E-state index >= 15 is 0 Å². The molecule has 7 heteroatoms. The third-order valence-electron chi connectivity index (χ3n) is 6.14. The van der Waals surface area contributed by atoms with E-state index in [4.69, 9.17) is 11.6 Å². The number of anilines is 2. The Morgan fingerprint density at radius 3 is 2.52 bits per heavy atom. The standard InChI is InChI=1S/C24H29ClN4O2/c1-17-3-5-18(6-4-17)15-29-16-19(13-23(29)30)24(31)26-21-14-20(25)7-8-22(21)28-11-9-27(2)10-12-28/h3-8,14,19H,9-13,15-16H2,1-2H3,(H,26,31). The van der Waals surface area contributed by atoms with Gasteiger partial charge in [0.05, 0.1) is 17.3 Å². The van der Waals surface area contributed by atoms with Gasteiger partial charge in [-0.25, -0.2) is 0 Å². The molecule has 0 radical (unpaired) electrons. The Morgan fingerprint density at radius 2 is 1.81 bits per heavy atom. The molecule has 2 amide bonds. The van der Waals surface area contributed by atoms with E-state index in [0.717, 1.165) is 37.4 Å². The topological polar surface area (TPSA) is 55.9 Å². The number of nitrogens with zero attached hydrogens (tertiary/aromatic N) is 3. The van der Waals surface area contributed by atoms with Gasteiger partial charge in [-0.3, -0.25) is 9.59 Å². The molecule has 31 heavy (non-hydrogen) atoms. The highest BCUT2D eigenvalue weighted by atomic mass is 35.5. The van der Waals surface area contributed by atoms with Crippen molar-refractivity contribution in [2.75, 3.05) is 50.0 Å². The molecule has 2 aliphatic heterocycles. The van der Waals surface area contributed by atoms with Gasteiger partial charge in [0.1, 0.15) is 0 Å². The first-order valence-corrected chi connectivity index (χ1v) is 11.1. The highest BCUT2D eigenvalue weighted by Crippen LogP contribution is 2.31. The van der Waals surface area contributed by atoms with Crippen LogP contribution in [-0.4, -0.2) is 61.4 Å². The van der Waals surface area contributed by atoms with E-state index in [1.54, 1.807) is 11.0 Å². The number of likely N-dealkylation sites (tertiary alicyclic amines) is 1. The number of aryl methyl sites for hydroxylation is 1. The average Bonchev–Trinajstić information content (AvgIpc) is 3.11. The molecule has 6 nitrogen and oxygen atoms in total. The van der Waals surface area contributed by atoms with Gasteiger partial charge in [-0.15, -0.1) is 0 Å². The predicted molar refractivity (Wildman–Crippen MR) is 124 cm³/mol. The molecule has 1 N–H and O–H groups in total. The van der Waals surface area contributed by atoms with Crippen LogP contribution in [0.15, 0.2) is 42.5 Å². The van der Waals surface area contributed by atoms with Crippen LogP contribution >= 0.6 is 11.6 Å². The fourth-order valence-electron chi connectivity index (χ4n) is 4.18. The van der Waals surface area contributed by atoms with E-state index in [9.17, 15) is 9.59 Å². The maximum Gasteiger partial charge on any atom is 0.229 e. The lowest BCUT2D eigenvalue weighted by Gasteiger charge is -2.35. The second-order valence-electron chi connectivity index (χ2n) is 8.60. The first-order chi connectivity index (χ1) is 14.9. The zero-order valence-electron chi connectivity index (χ0n) is 18.1. The van der Waals surface area contributed by atoms with Crippen molar-refractivity contribution >= 4 is 34.8 Å². The van der Waals surface area contributed by atoms with Crippen LogP contribution in [0.5, 0.6) is 0 Å².